The molecule has 182 valence electrons. The highest BCUT2D eigenvalue weighted by molar-refractivity contribution is 5.89. The van der Waals surface area contributed by atoms with Gasteiger partial charge in [0, 0.05) is 37.9 Å². The van der Waals surface area contributed by atoms with Gasteiger partial charge in [0.05, 0.1) is 19.1 Å². The van der Waals surface area contributed by atoms with Gasteiger partial charge in [0.2, 0.25) is 5.91 Å². The SMILES string of the molecule is COC(=O)c1ccc(CNC2CCN(c3ccc(CC(=O)NCc4ccccc4)cc3)CC2)cc1. The van der Waals surface area contributed by atoms with Crippen LogP contribution in [-0.4, -0.2) is 38.1 Å². The molecule has 0 saturated carbocycles. The normalized spacial score (nSPS) is 13.9. The molecule has 1 heterocycles. The summed E-state index contributed by atoms with van der Waals surface area (Å²) >= 11 is 0. The first-order valence-corrected chi connectivity index (χ1v) is 12.2. The van der Waals surface area contributed by atoms with Crippen LogP contribution in [0.15, 0.2) is 78.9 Å². The van der Waals surface area contributed by atoms with Crippen LogP contribution in [0, 0.1) is 0 Å². The lowest BCUT2D eigenvalue weighted by atomic mass is 10.0. The Hall–Kier alpha value is -3.64. The third kappa shape index (κ3) is 7.17. The summed E-state index contributed by atoms with van der Waals surface area (Å²) in [4.78, 5) is 26.2. The van der Waals surface area contributed by atoms with Gasteiger partial charge in [-0.1, -0.05) is 54.6 Å². The van der Waals surface area contributed by atoms with Crippen LogP contribution in [-0.2, 0) is 29.0 Å². The van der Waals surface area contributed by atoms with Crippen molar-refractivity contribution in [3.05, 3.63) is 101 Å². The van der Waals surface area contributed by atoms with E-state index in [1.807, 2.05) is 54.6 Å². The van der Waals surface area contributed by atoms with E-state index < -0.39 is 0 Å². The van der Waals surface area contributed by atoms with Crippen LogP contribution in [0.3, 0.4) is 0 Å². The smallest absolute Gasteiger partial charge is 0.337 e. The molecule has 0 aromatic heterocycles. The first kappa shape index (κ1) is 24.5. The fourth-order valence-electron chi connectivity index (χ4n) is 4.35. The summed E-state index contributed by atoms with van der Waals surface area (Å²) in [5.74, 6) is -0.273. The van der Waals surface area contributed by atoms with Crippen molar-refractivity contribution in [3.63, 3.8) is 0 Å². The van der Waals surface area contributed by atoms with Gasteiger partial charge in [0.15, 0.2) is 0 Å². The second-order valence-corrected chi connectivity index (χ2v) is 8.94. The summed E-state index contributed by atoms with van der Waals surface area (Å²) in [6, 6.07) is 26.3. The Labute approximate surface area is 207 Å². The zero-order chi connectivity index (χ0) is 24.5. The van der Waals surface area contributed by atoms with Crippen molar-refractivity contribution in [3.8, 4) is 0 Å². The third-order valence-electron chi connectivity index (χ3n) is 6.46. The molecule has 1 amide bonds. The summed E-state index contributed by atoms with van der Waals surface area (Å²) < 4.78 is 4.75. The van der Waals surface area contributed by atoms with Gasteiger partial charge >= 0.3 is 5.97 Å². The van der Waals surface area contributed by atoms with Crippen molar-refractivity contribution in [1.29, 1.82) is 0 Å². The molecule has 2 N–H and O–H groups in total. The predicted octanol–water partition coefficient (Wildman–Crippen LogP) is 4.09. The Kier molecular flexibility index (Phi) is 8.52. The quantitative estimate of drug-likeness (QED) is 0.460. The number of ether oxygens (including phenoxy) is 1. The summed E-state index contributed by atoms with van der Waals surface area (Å²) in [7, 11) is 1.39. The molecule has 0 aliphatic carbocycles. The zero-order valence-electron chi connectivity index (χ0n) is 20.2. The van der Waals surface area contributed by atoms with E-state index in [9.17, 15) is 9.59 Å². The largest absolute Gasteiger partial charge is 0.465 e. The molecule has 0 radical (unpaired) electrons. The molecule has 1 aliphatic heterocycles. The van der Waals surface area contributed by atoms with Crippen LogP contribution in [0.25, 0.3) is 0 Å². The van der Waals surface area contributed by atoms with Gasteiger partial charge in [-0.2, -0.15) is 0 Å². The molecule has 3 aromatic rings. The van der Waals surface area contributed by atoms with E-state index in [0.717, 1.165) is 49.2 Å². The minimum absolute atomic E-state index is 0.0356. The van der Waals surface area contributed by atoms with Gasteiger partial charge in [0.1, 0.15) is 0 Å². The van der Waals surface area contributed by atoms with Gasteiger partial charge in [-0.05, 0) is 53.8 Å². The average molecular weight is 472 g/mol. The van der Waals surface area contributed by atoms with Gasteiger partial charge in [0.25, 0.3) is 0 Å². The number of anilines is 1. The van der Waals surface area contributed by atoms with Crippen LogP contribution in [0.5, 0.6) is 0 Å². The van der Waals surface area contributed by atoms with Gasteiger partial charge < -0.3 is 20.3 Å². The van der Waals surface area contributed by atoms with Crippen LogP contribution in [0.1, 0.15) is 39.9 Å². The summed E-state index contributed by atoms with van der Waals surface area (Å²) in [6.07, 6.45) is 2.54. The van der Waals surface area contributed by atoms with E-state index in [0.29, 0.717) is 24.6 Å². The molecular formula is C29H33N3O3. The van der Waals surface area contributed by atoms with Crippen molar-refractivity contribution in [1.82, 2.24) is 10.6 Å². The lowest BCUT2D eigenvalue weighted by Crippen LogP contribution is -2.42. The highest BCUT2D eigenvalue weighted by Crippen LogP contribution is 2.21. The standard InChI is InChI=1S/C29H33N3O3/c1-35-29(34)25-11-7-24(8-12-25)20-30-26-15-17-32(18-16-26)27-13-9-22(10-14-27)19-28(33)31-21-23-5-3-2-4-6-23/h2-14,26,30H,15-21H2,1H3,(H,31,33). The Bertz CT molecular complexity index is 1090. The molecule has 1 saturated heterocycles. The first-order valence-electron chi connectivity index (χ1n) is 12.2. The Morgan fingerprint density at radius 2 is 1.46 bits per heavy atom. The monoisotopic (exact) mass is 471 g/mol. The number of carbonyl (C=O) groups is 2. The zero-order valence-corrected chi connectivity index (χ0v) is 20.2. The number of hydrogen-bond acceptors (Lipinski definition) is 5. The number of esters is 1. The van der Waals surface area contributed by atoms with E-state index >= 15 is 0 Å². The number of methoxy groups -OCH3 is 1. The summed E-state index contributed by atoms with van der Waals surface area (Å²) in [5.41, 5.74) is 5.06. The van der Waals surface area contributed by atoms with E-state index in [2.05, 4.69) is 39.8 Å². The molecule has 3 aromatic carbocycles. The van der Waals surface area contributed by atoms with Gasteiger partial charge in [-0.15, -0.1) is 0 Å². The molecule has 6 heteroatoms. The van der Waals surface area contributed by atoms with Crippen LogP contribution in [0.2, 0.25) is 0 Å². The molecule has 4 rings (SSSR count). The Balaban J connectivity index is 1.18. The predicted molar refractivity (Wildman–Crippen MR) is 138 cm³/mol. The summed E-state index contributed by atoms with van der Waals surface area (Å²) in [5, 5.41) is 6.63. The second kappa shape index (κ2) is 12.2. The lowest BCUT2D eigenvalue weighted by Gasteiger charge is -2.34. The maximum absolute atomic E-state index is 12.3. The molecule has 6 nitrogen and oxygen atoms in total. The highest BCUT2D eigenvalue weighted by Gasteiger charge is 2.19. The van der Waals surface area contributed by atoms with Gasteiger partial charge in [-0.3, -0.25) is 4.79 Å². The maximum Gasteiger partial charge on any atom is 0.337 e. The second-order valence-electron chi connectivity index (χ2n) is 8.94. The van der Waals surface area contributed by atoms with E-state index in [4.69, 9.17) is 4.74 Å². The molecule has 0 spiro atoms. The number of piperidine rings is 1. The summed E-state index contributed by atoms with van der Waals surface area (Å²) in [6.45, 7) is 3.33. The molecule has 35 heavy (non-hydrogen) atoms. The fourth-order valence-corrected chi connectivity index (χ4v) is 4.35. The van der Waals surface area contributed by atoms with Crippen LogP contribution < -0.4 is 15.5 Å². The van der Waals surface area contributed by atoms with Crippen LogP contribution in [0.4, 0.5) is 5.69 Å². The van der Waals surface area contributed by atoms with Crippen molar-refractivity contribution in [2.24, 2.45) is 0 Å². The Morgan fingerprint density at radius 3 is 2.11 bits per heavy atom. The molecule has 1 fully saturated rings. The number of rotatable bonds is 9. The van der Waals surface area contributed by atoms with Crippen molar-refractivity contribution in [2.45, 2.75) is 38.4 Å². The van der Waals surface area contributed by atoms with Crippen molar-refractivity contribution in [2.75, 3.05) is 25.1 Å². The number of hydrogen-bond donors (Lipinski definition) is 2. The minimum Gasteiger partial charge on any atom is -0.465 e. The number of amides is 1. The van der Waals surface area contributed by atoms with E-state index in [-0.39, 0.29) is 11.9 Å². The van der Waals surface area contributed by atoms with Crippen LogP contribution >= 0.6 is 0 Å². The minimum atomic E-state index is -0.309. The number of benzene rings is 3. The number of nitrogens with zero attached hydrogens (tertiary/aromatic N) is 1. The molecular weight excluding hydrogens is 438 g/mol. The maximum atomic E-state index is 12.3. The molecule has 0 unspecified atom stereocenters. The number of nitrogens with one attached hydrogen (secondary N) is 2. The molecule has 0 atom stereocenters. The van der Waals surface area contributed by atoms with E-state index in [1.54, 1.807) is 0 Å². The van der Waals surface area contributed by atoms with Crippen molar-refractivity contribution >= 4 is 17.6 Å². The average Bonchev–Trinajstić information content (AvgIpc) is 2.92. The molecule has 1 aliphatic rings. The lowest BCUT2D eigenvalue weighted by molar-refractivity contribution is -0.120. The number of carbonyl (C=O) groups excluding carboxylic acids is 2. The van der Waals surface area contributed by atoms with E-state index in [1.165, 1.54) is 12.8 Å². The van der Waals surface area contributed by atoms with Crippen molar-refractivity contribution < 1.29 is 14.3 Å². The Morgan fingerprint density at radius 1 is 0.829 bits per heavy atom. The molecule has 0 bridgehead atoms. The fraction of sp³-hybridized carbons (Fsp3) is 0.310. The topological polar surface area (TPSA) is 70.7 Å². The third-order valence-corrected chi connectivity index (χ3v) is 6.46. The van der Waals surface area contributed by atoms with Gasteiger partial charge in [-0.25, -0.2) is 4.79 Å². The first-order chi connectivity index (χ1) is 17.1. The highest BCUT2D eigenvalue weighted by atomic mass is 16.5.